The molecule has 0 aliphatic carbocycles. The highest BCUT2D eigenvalue weighted by Crippen LogP contribution is 2.41. The van der Waals surface area contributed by atoms with E-state index in [0.717, 1.165) is 30.3 Å². The molecule has 2 aromatic heterocycles. The topological polar surface area (TPSA) is 117 Å². The van der Waals surface area contributed by atoms with Crippen LogP contribution in [0.25, 0.3) is 22.2 Å². The Kier molecular flexibility index (Phi) is 9.87. The van der Waals surface area contributed by atoms with Crippen LogP contribution in [0.4, 0.5) is 17.3 Å². The molecule has 5 rings (SSSR count). The molecule has 0 bridgehead atoms. The number of aromatic nitrogens is 3. The van der Waals surface area contributed by atoms with E-state index in [1.807, 2.05) is 25.9 Å². The summed E-state index contributed by atoms with van der Waals surface area (Å²) in [5, 5.41) is 16.6. The molecule has 0 saturated heterocycles. The van der Waals surface area contributed by atoms with Crippen molar-refractivity contribution < 1.29 is 19.1 Å². The van der Waals surface area contributed by atoms with Crippen molar-refractivity contribution in [3.63, 3.8) is 0 Å². The molecular weight excluding hydrogens is 560 g/mol. The molecule has 0 unspecified atom stereocenters. The number of nitrogens with zero attached hydrogens (tertiary/aromatic N) is 5. The lowest BCUT2D eigenvalue weighted by atomic mass is 10.0. The van der Waals surface area contributed by atoms with Crippen molar-refractivity contribution >= 4 is 39.8 Å². The van der Waals surface area contributed by atoms with E-state index in [4.69, 9.17) is 30.8 Å². The summed E-state index contributed by atoms with van der Waals surface area (Å²) < 4.78 is 19.4. The molecule has 0 amide bonds. The fourth-order valence-corrected chi connectivity index (χ4v) is 5.39. The number of benzene rings is 2. The number of aryl methyl sites for hydroxylation is 2. The number of ether oxygens (including phenoxy) is 3. The molecule has 1 aliphatic heterocycles. The van der Waals surface area contributed by atoms with E-state index in [2.05, 4.69) is 39.3 Å². The zero-order chi connectivity index (χ0) is 29.1. The lowest BCUT2D eigenvalue weighted by Gasteiger charge is -2.23. The van der Waals surface area contributed by atoms with Crippen LogP contribution in [0.2, 0.25) is 5.02 Å². The molecule has 11 nitrogen and oxygen atoms in total. The maximum absolute atomic E-state index is 12.1. The highest BCUT2D eigenvalue weighted by atomic mass is 35.5. The average Bonchev–Trinajstić information content (AvgIpc) is 3.33. The molecule has 1 aliphatic rings. The molecule has 1 atom stereocenters. The first kappa shape index (κ1) is 31.0. The van der Waals surface area contributed by atoms with Gasteiger partial charge in [-0.25, -0.2) is 9.97 Å². The van der Waals surface area contributed by atoms with Crippen LogP contribution in [-0.4, -0.2) is 71.4 Å². The molecule has 3 heterocycles. The van der Waals surface area contributed by atoms with E-state index >= 15 is 0 Å². The van der Waals surface area contributed by atoms with Crippen molar-refractivity contribution in [2.24, 2.45) is 0 Å². The highest BCUT2D eigenvalue weighted by molar-refractivity contribution is 6.33. The van der Waals surface area contributed by atoms with Gasteiger partial charge >= 0.3 is 5.69 Å². The number of methoxy groups -OCH3 is 1. The second-order valence-electron chi connectivity index (χ2n) is 10.1. The van der Waals surface area contributed by atoms with Crippen molar-refractivity contribution in [1.82, 2.24) is 19.4 Å². The summed E-state index contributed by atoms with van der Waals surface area (Å²) in [6, 6.07) is 9.14. The zero-order valence-electron chi connectivity index (χ0n) is 23.5. The maximum Gasteiger partial charge on any atom is 0.313 e. The number of rotatable bonds is 12. The number of hydrogen-bond donors (Lipinski definition) is 1. The fourth-order valence-electron chi connectivity index (χ4n) is 5.19. The van der Waals surface area contributed by atoms with Crippen molar-refractivity contribution in [3.8, 4) is 22.8 Å². The van der Waals surface area contributed by atoms with Gasteiger partial charge in [-0.2, -0.15) is 0 Å². The van der Waals surface area contributed by atoms with E-state index in [1.165, 1.54) is 36.5 Å². The molecular formula is C30H37ClN6O5. The van der Waals surface area contributed by atoms with E-state index in [9.17, 15) is 10.1 Å². The number of nitrogens with one attached hydrogen (secondary N) is 1. The molecule has 0 spiro atoms. The fraction of sp³-hybridized carbons (Fsp3) is 0.400. The summed E-state index contributed by atoms with van der Waals surface area (Å²) in [5.41, 5.74) is 4.07. The third-order valence-electron chi connectivity index (χ3n) is 6.92. The van der Waals surface area contributed by atoms with Gasteiger partial charge in [0.1, 0.15) is 11.9 Å². The second kappa shape index (κ2) is 13.4. The summed E-state index contributed by atoms with van der Waals surface area (Å²) in [5.74, 6) is 0.632. The van der Waals surface area contributed by atoms with Crippen molar-refractivity contribution in [1.29, 1.82) is 0 Å². The Labute approximate surface area is 250 Å². The lowest BCUT2D eigenvalue weighted by Crippen LogP contribution is -2.34. The predicted molar refractivity (Wildman–Crippen MR) is 165 cm³/mol. The zero-order valence-corrected chi connectivity index (χ0v) is 24.3. The van der Waals surface area contributed by atoms with Gasteiger partial charge in [0.2, 0.25) is 11.7 Å². The highest BCUT2D eigenvalue weighted by Gasteiger charge is 2.25. The number of halogens is 1. The second-order valence-corrected chi connectivity index (χ2v) is 10.5. The molecule has 2 aromatic carbocycles. The summed E-state index contributed by atoms with van der Waals surface area (Å²) in [7, 11) is 5.28. The normalized spacial score (nSPS) is 13.1. The molecule has 0 fully saturated rings. The first-order chi connectivity index (χ1) is 19.8. The van der Waals surface area contributed by atoms with Gasteiger partial charge in [-0.15, -0.1) is 0 Å². The van der Waals surface area contributed by atoms with Gasteiger partial charge in [-0.05, 0) is 39.4 Å². The minimum atomic E-state index is -0.491. The summed E-state index contributed by atoms with van der Waals surface area (Å²) in [6.07, 6.45) is 5.29. The van der Waals surface area contributed by atoms with Crippen LogP contribution in [0.3, 0.4) is 0 Å². The number of nitro groups is 1. The van der Waals surface area contributed by atoms with E-state index in [-0.39, 0.29) is 31.4 Å². The van der Waals surface area contributed by atoms with Crippen LogP contribution in [-0.2, 0) is 17.7 Å². The summed E-state index contributed by atoms with van der Waals surface area (Å²) in [6.45, 7) is 4.11. The molecule has 0 saturated carbocycles. The Morgan fingerprint density at radius 3 is 2.79 bits per heavy atom. The number of anilines is 2. The Morgan fingerprint density at radius 1 is 1.26 bits per heavy atom. The van der Waals surface area contributed by atoms with Gasteiger partial charge in [0, 0.05) is 49.0 Å². The van der Waals surface area contributed by atoms with Crippen molar-refractivity contribution in [3.05, 3.63) is 63.4 Å². The minimum Gasteiger partial charge on any atom is -0.494 e. The number of nitro benzene ring substituents is 1. The molecule has 1 N–H and O–H groups in total. The molecule has 0 radical (unpaired) electrons. The minimum absolute atomic E-state index is 0. The maximum atomic E-state index is 12.1. The monoisotopic (exact) mass is 596 g/mol. The Hall–Kier alpha value is -3.93. The van der Waals surface area contributed by atoms with Gasteiger partial charge in [-0.1, -0.05) is 37.2 Å². The van der Waals surface area contributed by atoms with Crippen LogP contribution in [0.15, 0.2) is 42.7 Å². The number of likely N-dealkylation sites (N-methyl/N-ethyl adjacent to an activating group) is 1. The van der Waals surface area contributed by atoms with Crippen LogP contribution >= 0.6 is 11.6 Å². The van der Waals surface area contributed by atoms with Gasteiger partial charge in [0.25, 0.3) is 0 Å². The third kappa shape index (κ3) is 6.43. The first-order valence-electron chi connectivity index (χ1n) is 13.4. The largest absolute Gasteiger partial charge is 0.494 e. The molecule has 12 heteroatoms. The van der Waals surface area contributed by atoms with Crippen LogP contribution in [0.1, 0.15) is 26.3 Å². The molecule has 224 valence electrons. The van der Waals surface area contributed by atoms with Crippen LogP contribution in [0.5, 0.6) is 11.5 Å². The number of hydrogen-bond acceptors (Lipinski definition) is 9. The first-order valence-corrected chi connectivity index (χ1v) is 13.8. The lowest BCUT2D eigenvalue weighted by molar-refractivity contribution is -0.386. The Balaban J connectivity index is 0.00000405. The van der Waals surface area contributed by atoms with Crippen molar-refractivity contribution in [2.45, 2.75) is 39.8 Å². The third-order valence-corrected chi connectivity index (χ3v) is 7.20. The quantitative estimate of drug-likeness (QED) is 0.148. The SMILES string of the molecule is C.CCOC[C@H](CN(C)C)Oc1cc(OC)c(Nc2ncc(Cl)c(-c3cn4c5c(cccc35)CCC4)n2)cc1[N+](=O)[O-]. The molecule has 4 aromatic rings. The van der Waals surface area contributed by atoms with Crippen LogP contribution < -0.4 is 14.8 Å². The molecule has 42 heavy (non-hydrogen) atoms. The number of para-hydroxylation sites is 1. The smallest absolute Gasteiger partial charge is 0.313 e. The summed E-state index contributed by atoms with van der Waals surface area (Å²) in [4.78, 5) is 22.6. The average molecular weight is 597 g/mol. The summed E-state index contributed by atoms with van der Waals surface area (Å²) >= 11 is 6.60. The standard InChI is InChI=1S/C29H33ClN6O5.CH4/c1-5-40-17-19(15-34(2)3)41-26-13-25(39-4)23(12-24(26)36(37)38)32-29-31-14-22(30)27(33-29)21-16-35-11-7-9-18-8-6-10-20(21)28(18)35;/h6,8,10,12-14,16,19H,5,7,9,11,15,17H2,1-4H3,(H,31,32,33);1H4/t19-;/m0./s1. The van der Waals surface area contributed by atoms with E-state index in [0.29, 0.717) is 35.3 Å². The van der Waals surface area contributed by atoms with E-state index < -0.39 is 11.0 Å². The van der Waals surface area contributed by atoms with Gasteiger partial charge in [-0.3, -0.25) is 10.1 Å². The Morgan fingerprint density at radius 2 is 2.07 bits per heavy atom. The van der Waals surface area contributed by atoms with Gasteiger partial charge in [0.15, 0.2) is 0 Å². The van der Waals surface area contributed by atoms with E-state index in [1.54, 1.807) is 0 Å². The van der Waals surface area contributed by atoms with Gasteiger partial charge < -0.3 is 29.0 Å². The Bertz CT molecular complexity index is 1570. The predicted octanol–water partition coefficient (Wildman–Crippen LogP) is 6.34. The van der Waals surface area contributed by atoms with Crippen molar-refractivity contribution in [2.75, 3.05) is 46.3 Å². The van der Waals surface area contributed by atoms with Gasteiger partial charge in [0.05, 0.1) is 46.8 Å². The van der Waals surface area contributed by atoms with Crippen LogP contribution in [0, 0.1) is 10.1 Å².